The molecular formula is C15H27N. The standard InChI is InChI=1S/C15H27N/c1-11-4-3-5-12(2)14(11)16-10-15(8-9-15)13-6-7-13/h11-14,16H,3-10H2,1-2H3. The van der Waals surface area contributed by atoms with Crippen molar-refractivity contribution in [3.8, 4) is 0 Å². The van der Waals surface area contributed by atoms with Crippen molar-refractivity contribution in [3.63, 3.8) is 0 Å². The molecule has 3 saturated carbocycles. The van der Waals surface area contributed by atoms with Gasteiger partial charge in [0.05, 0.1) is 0 Å². The van der Waals surface area contributed by atoms with Crippen LogP contribution in [-0.2, 0) is 0 Å². The molecule has 0 heterocycles. The van der Waals surface area contributed by atoms with E-state index < -0.39 is 0 Å². The summed E-state index contributed by atoms with van der Waals surface area (Å²) >= 11 is 0. The predicted octanol–water partition coefficient (Wildman–Crippen LogP) is 3.59. The van der Waals surface area contributed by atoms with Crippen LogP contribution < -0.4 is 5.32 Å². The average molecular weight is 221 g/mol. The van der Waals surface area contributed by atoms with Gasteiger partial charge in [-0.15, -0.1) is 0 Å². The molecule has 2 unspecified atom stereocenters. The Hall–Kier alpha value is -0.0400. The van der Waals surface area contributed by atoms with Gasteiger partial charge in [0.15, 0.2) is 0 Å². The zero-order valence-corrected chi connectivity index (χ0v) is 11.0. The summed E-state index contributed by atoms with van der Waals surface area (Å²) in [7, 11) is 0. The maximum atomic E-state index is 3.95. The van der Waals surface area contributed by atoms with Crippen molar-refractivity contribution in [2.45, 2.75) is 64.8 Å². The van der Waals surface area contributed by atoms with Crippen LogP contribution in [0.3, 0.4) is 0 Å². The largest absolute Gasteiger partial charge is 0.313 e. The second-order valence-electron chi connectivity index (χ2n) is 6.93. The van der Waals surface area contributed by atoms with E-state index in [0.29, 0.717) is 0 Å². The lowest BCUT2D eigenvalue weighted by Gasteiger charge is -2.36. The highest BCUT2D eigenvalue weighted by atomic mass is 15.0. The Morgan fingerprint density at radius 1 is 1.00 bits per heavy atom. The molecule has 3 fully saturated rings. The normalized spacial score (nSPS) is 42.0. The zero-order valence-electron chi connectivity index (χ0n) is 11.0. The van der Waals surface area contributed by atoms with Crippen molar-refractivity contribution in [2.75, 3.05) is 6.54 Å². The summed E-state index contributed by atoms with van der Waals surface area (Å²) in [5, 5.41) is 3.95. The molecule has 0 aromatic carbocycles. The van der Waals surface area contributed by atoms with Gasteiger partial charge in [0, 0.05) is 12.6 Å². The van der Waals surface area contributed by atoms with Crippen LogP contribution in [-0.4, -0.2) is 12.6 Å². The second-order valence-corrected chi connectivity index (χ2v) is 6.93. The minimum atomic E-state index is 0.775. The van der Waals surface area contributed by atoms with E-state index in [2.05, 4.69) is 19.2 Å². The third kappa shape index (κ3) is 2.03. The Bertz CT molecular complexity index is 242. The van der Waals surface area contributed by atoms with Crippen molar-refractivity contribution in [1.82, 2.24) is 5.32 Å². The van der Waals surface area contributed by atoms with E-state index in [1.165, 1.54) is 51.5 Å². The van der Waals surface area contributed by atoms with E-state index in [0.717, 1.165) is 29.2 Å². The van der Waals surface area contributed by atoms with Gasteiger partial charge in [0.2, 0.25) is 0 Å². The molecule has 0 saturated heterocycles. The third-order valence-electron chi connectivity index (χ3n) is 5.57. The van der Waals surface area contributed by atoms with Gasteiger partial charge in [-0.2, -0.15) is 0 Å². The highest BCUT2D eigenvalue weighted by Gasteiger charge is 2.53. The predicted molar refractivity (Wildman–Crippen MR) is 68.4 cm³/mol. The minimum absolute atomic E-state index is 0.775. The van der Waals surface area contributed by atoms with Crippen LogP contribution in [0, 0.1) is 23.2 Å². The summed E-state index contributed by atoms with van der Waals surface area (Å²) in [6, 6.07) is 0.810. The Morgan fingerprint density at radius 3 is 2.12 bits per heavy atom. The SMILES string of the molecule is CC1CCCC(C)C1NCC1(C2CC2)CC1. The summed E-state index contributed by atoms with van der Waals surface area (Å²) in [5.41, 5.74) is 0.775. The lowest BCUT2D eigenvalue weighted by atomic mass is 9.78. The van der Waals surface area contributed by atoms with Crippen molar-refractivity contribution in [1.29, 1.82) is 0 Å². The molecule has 3 rings (SSSR count). The van der Waals surface area contributed by atoms with Crippen LogP contribution in [0.2, 0.25) is 0 Å². The molecule has 3 aliphatic rings. The molecular weight excluding hydrogens is 194 g/mol. The fourth-order valence-electron chi connectivity index (χ4n) is 3.99. The number of hydrogen-bond donors (Lipinski definition) is 1. The Labute approximate surface area is 100 Å². The molecule has 0 spiro atoms. The van der Waals surface area contributed by atoms with Gasteiger partial charge in [-0.05, 0) is 61.7 Å². The summed E-state index contributed by atoms with van der Waals surface area (Å²) in [5.74, 6) is 2.91. The number of rotatable bonds is 4. The molecule has 2 atom stereocenters. The molecule has 1 N–H and O–H groups in total. The molecule has 0 amide bonds. The lowest BCUT2D eigenvalue weighted by molar-refractivity contribution is 0.195. The second kappa shape index (κ2) is 4.01. The van der Waals surface area contributed by atoms with Crippen molar-refractivity contribution >= 4 is 0 Å². The highest BCUT2D eigenvalue weighted by Crippen LogP contribution is 2.60. The fraction of sp³-hybridized carbons (Fsp3) is 1.00. The first-order valence-electron chi connectivity index (χ1n) is 7.45. The van der Waals surface area contributed by atoms with E-state index >= 15 is 0 Å². The Balaban J connectivity index is 1.53. The van der Waals surface area contributed by atoms with E-state index in [1.54, 1.807) is 0 Å². The van der Waals surface area contributed by atoms with Crippen molar-refractivity contribution < 1.29 is 0 Å². The maximum absolute atomic E-state index is 3.95. The molecule has 0 radical (unpaired) electrons. The third-order valence-corrected chi connectivity index (χ3v) is 5.57. The van der Waals surface area contributed by atoms with Crippen LogP contribution in [0.5, 0.6) is 0 Å². The van der Waals surface area contributed by atoms with Gasteiger partial charge in [-0.25, -0.2) is 0 Å². The van der Waals surface area contributed by atoms with E-state index in [-0.39, 0.29) is 0 Å². The molecule has 0 bridgehead atoms. The van der Waals surface area contributed by atoms with Crippen LogP contribution in [0.4, 0.5) is 0 Å². The van der Waals surface area contributed by atoms with Crippen LogP contribution in [0.25, 0.3) is 0 Å². The highest BCUT2D eigenvalue weighted by molar-refractivity contribution is 5.05. The molecule has 1 nitrogen and oxygen atoms in total. The van der Waals surface area contributed by atoms with Gasteiger partial charge in [0.25, 0.3) is 0 Å². The molecule has 0 aliphatic heterocycles. The minimum Gasteiger partial charge on any atom is -0.313 e. The molecule has 0 aromatic heterocycles. The van der Waals surface area contributed by atoms with Crippen molar-refractivity contribution in [3.05, 3.63) is 0 Å². The first-order chi connectivity index (χ1) is 7.71. The lowest BCUT2D eigenvalue weighted by Crippen LogP contribution is -2.45. The van der Waals surface area contributed by atoms with Crippen LogP contribution >= 0.6 is 0 Å². The van der Waals surface area contributed by atoms with Gasteiger partial charge >= 0.3 is 0 Å². The summed E-state index contributed by atoms with van der Waals surface area (Å²) in [6.45, 7) is 6.23. The van der Waals surface area contributed by atoms with Gasteiger partial charge < -0.3 is 5.32 Å². The Morgan fingerprint density at radius 2 is 1.62 bits per heavy atom. The van der Waals surface area contributed by atoms with Gasteiger partial charge in [-0.3, -0.25) is 0 Å². The summed E-state index contributed by atoms with van der Waals surface area (Å²) in [6.07, 6.45) is 10.4. The van der Waals surface area contributed by atoms with Crippen LogP contribution in [0.1, 0.15) is 58.8 Å². The first-order valence-corrected chi connectivity index (χ1v) is 7.45. The van der Waals surface area contributed by atoms with E-state index in [1.807, 2.05) is 0 Å². The van der Waals surface area contributed by atoms with Crippen molar-refractivity contribution in [2.24, 2.45) is 23.2 Å². The Kier molecular flexibility index (Phi) is 2.78. The average Bonchev–Trinajstić information content (AvgIpc) is 3.12. The van der Waals surface area contributed by atoms with E-state index in [4.69, 9.17) is 0 Å². The van der Waals surface area contributed by atoms with Gasteiger partial charge in [0.1, 0.15) is 0 Å². The molecule has 1 heteroatoms. The quantitative estimate of drug-likeness (QED) is 0.765. The smallest absolute Gasteiger partial charge is 0.0118 e. The molecule has 16 heavy (non-hydrogen) atoms. The maximum Gasteiger partial charge on any atom is 0.0118 e. The van der Waals surface area contributed by atoms with E-state index in [9.17, 15) is 0 Å². The van der Waals surface area contributed by atoms with Gasteiger partial charge in [-0.1, -0.05) is 20.3 Å². The van der Waals surface area contributed by atoms with Crippen LogP contribution in [0.15, 0.2) is 0 Å². The first kappa shape index (κ1) is 11.1. The summed E-state index contributed by atoms with van der Waals surface area (Å²) in [4.78, 5) is 0. The topological polar surface area (TPSA) is 12.0 Å². The zero-order chi connectivity index (χ0) is 11.2. The fourth-order valence-corrected chi connectivity index (χ4v) is 3.99. The summed E-state index contributed by atoms with van der Waals surface area (Å²) < 4.78 is 0. The molecule has 3 aliphatic carbocycles. The monoisotopic (exact) mass is 221 g/mol. The molecule has 0 aromatic rings. The molecule has 92 valence electrons. The number of nitrogens with one attached hydrogen (secondary N) is 1. The number of hydrogen-bond acceptors (Lipinski definition) is 1.